The number of thiazole rings is 1. The number of aryl methyl sites for hydroxylation is 3. The van der Waals surface area contributed by atoms with Crippen LogP contribution in [0.4, 0.5) is 0 Å². The van der Waals surface area contributed by atoms with E-state index in [1.54, 1.807) is 0 Å². The molecule has 0 bridgehead atoms. The molecule has 0 atom stereocenters. The number of hydrogen-bond donors (Lipinski definition) is 0. The molecule has 0 unspecified atom stereocenters. The number of rotatable bonds is 2. The normalized spacial score (nSPS) is 14.4. The molecule has 0 saturated heterocycles. The Morgan fingerprint density at radius 1 is 1.30 bits per heavy atom. The van der Waals surface area contributed by atoms with Crippen LogP contribution in [0, 0.1) is 13.8 Å². The number of carbonyl (C=O) groups is 1. The van der Waals surface area contributed by atoms with E-state index in [0.29, 0.717) is 13.1 Å². The Hall–Kier alpha value is -1.76. The summed E-state index contributed by atoms with van der Waals surface area (Å²) in [5, 5.41) is 9.29. The molecule has 0 fully saturated rings. The van der Waals surface area contributed by atoms with Crippen molar-refractivity contribution in [3.8, 4) is 0 Å². The van der Waals surface area contributed by atoms with Crippen LogP contribution in [0.1, 0.15) is 38.9 Å². The van der Waals surface area contributed by atoms with Crippen molar-refractivity contribution in [2.24, 2.45) is 0 Å². The van der Waals surface area contributed by atoms with Gasteiger partial charge in [-0.1, -0.05) is 6.92 Å². The molecule has 3 heterocycles. The number of aromatic nitrogens is 4. The van der Waals surface area contributed by atoms with Gasteiger partial charge in [-0.25, -0.2) is 4.98 Å². The maximum Gasteiger partial charge on any atom is 0.266 e. The monoisotopic (exact) mass is 291 g/mol. The summed E-state index contributed by atoms with van der Waals surface area (Å²) in [5.74, 6) is 1.93. The fourth-order valence-electron chi connectivity index (χ4n) is 2.53. The van der Waals surface area contributed by atoms with Crippen LogP contribution >= 0.6 is 11.3 Å². The quantitative estimate of drug-likeness (QED) is 0.842. The lowest BCUT2D eigenvalue weighted by atomic mass is 10.3. The molecule has 1 amide bonds. The molecule has 0 radical (unpaired) electrons. The molecule has 2 aromatic rings. The van der Waals surface area contributed by atoms with E-state index in [2.05, 4.69) is 26.7 Å². The van der Waals surface area contributed by atoms with E-state index in [0.717, 1.165) is 40.2 Å². The zero-order valence-corrected chi connectivity index (χ0v) is 12.7. The Kier molecular flexibility index (Phi) is 3.29. The van der Waals surface area contributed by atoms with E-state index in [1.165, 1.54) is 11.3 Å². The van der Waals surface area contributed by atoms with Gasteiger partial charge in [-0.05, 0) is 13.8 Å². The average Bonchev–Trinajstić information content (AvgIpc) is 3.00. The SMILES string of the molecule is CCc1nnc2n1CCN(C(=O)c1sc(C)nc1C)C2. The lowest BCUT2D eigenvalue weighted by Gasteiger charge is -2.27. The van der Waals surface area contributed by atoms with Crippen molar-refractivity contribution < 1.29 is 4.79 Å². The van der Waals surface area contributed by atoms with Crippen LogP contribution in [0.15, 0.2) is 0 Å². The second-order valence-electron chi connectivity index (χ2n) is 4.91. The highest BCUT2D eigenvalue weighted by Gasteiger charge is 2.26. The molecule has 0 N–H and O–H groups in total. The van der Waals surface area contributed by atoms with Crippen LogP contribution in [0.3, 0.4) is 0 Å². The van der Waals surface area contributed by atoms with Crippen LogP contribution in [0.25, 0.3) is 0 Å². The summed E-state index contributed by atoms with van der Waals surface area (Å²) >= 11 is 1.46. The molecule has 7 heteroatoms. The highest BCUT2D eigenvalue weighted by molar-refractivity contribution is 7.13. The van der Waals surface area contributed by atoms with Gasteiger partial charge in [0, 0.05) is 19.5 Å². The van der Waals surface area contributed by atoms with Crippen molar-refractivity contribution in [1.29, 1.82) is 0 Å². The number of hydrogen-bond acceptors (Lipinski definition) is 5. The van der Waals surface area contributed by atoms with Gasteiger partial charge in [0.15, 0.2) is 5.82 Å². The molecule has 20 heavy (non-hydrogen) atoms. The Balaban J connectivity index is 1.83. The lowest BCUT2D eigenvalue weighted by Crippen LogP contribution is -2.38. The van der Waals surface area contributed by atoms with Crippen LogP contribution in [-0.4, -0.2) is 37.1 Å². The van der Waals surface area contributed by atoms with Gasteiger partial charge >= 0.3 is 0 Å². The molecule has 1 aliphatic rings. The molecule has 0 spiro atoms. The molecule has 2 aromatic heterocycles. The first-order chi connectivity index (χ1) is 9.60. The molecular formula is C13H17N5OS. The highest BCUT2D eigenvalue weighted by atomic mass is 32.1. The van der Waals surface area contributed by atoms with Crippen LogP contribution in [0.2, 0.25) is 0 Å². The number of nitrogens with zero attached hydrogens (tertiary/aromatic N) is 5. The molecular weight excluding hydrogens is 274 g/mol. The van der Waals surface area contributed by atoms with E-state index in [1.807, 2.05) is 18.7 Å². The van der Waals surface area contributed by atoms with Gasteiger partial charge in [-0.2, -0.15) is 0 Å². The summed E-state index contributed by atoms with van der Waals surface area (Å²) in [6, 6.07) is 0. The second kappa shape index (κ2) is 4.97. The minimum Gasteiger partial charge on any atom is -0.329 e. The first kappa shape index (κ1) is 13.2. The molecule has 3 rings (SSSR count). The first-order valence-electron chi connectivity index (χ1n) is 6.74. The zero-order chi connectivity index (χ0) is 14.3. The maximum absolute atomic E-state index is 12.6. The van der Waals surface area contributed by atoms with Crippen molar-refractivity contribution in [2.75, 3.05) is 6.54 Å². The predicted octanol–water partition coefficient (Wildman–Crippen LogP) is 1.57. The molecule has 0 saturated carbocycles. The first-order valence-corrected chi connectivity index (χ1v) is 7.56. The highest BCUT2D eigenvalue weighted by Crippen LogP contribution is 2.22. The van der Waals surface area contributed by atoms with E-state index in [-0.39, 0.29) is 5.91 Å². The van der Waals surface area contributed by atoms with Crippen molar-refractivity contribution in [2.45, 2.75) is 40.3 Å². The van der Waals surface area contributed by atoms with Gasteiger partial charge in [0.1, 0.15) is 10.7 Å². The zero-order valence-electron chi connectivity index (χ0n) is 11.9. The smallest absolute Gasteiger partial charge is 0.266 e. The van der Waals surface area contributed by atoms with E-state index < -0.39 is 0 Å². The summed E-state index contributed by atoms with van der Waals surface area (Å²) in [4.78, 5) is 19.5. The lowest BCUT2D eigenvalue weighted by molar-refractivity contribution is 0.0710. The third kappa shape index (κ3) is 2.11. The Bertz CT molecular complexity index is 660. The van der Waals surface area contributed by atoms with Crippen LogP contribution in [-0.2, 0) is 19.5 Å². The van der Waals surface area contributed by atoms with E-state index >= 15 is 0 Å². The van der Waals surface area contributed by atoms with Crippen molar-refractivity contribution in [1.82, 2.24) is 24.6 Å². The van der Waals surface area contributed by atoms with Gasteiger partial charge < -0.3 is 9.47 Å². The molecule has 0 aliphatic carbocycles. The van der Waals surface area contributed by atoms with Crippen LogP contribution in [0.5, 0.6) is 0 Å². The van der Waals surface area contributed by atoms with Gasteiger partial charge in [-0.15, -0.1) is 21.5 Å². The van der Waals surface area contributed by atoms with Crippen molar-refractivity contribution in [3.05, 3.63) is 27.2 Å². The largest absolute Gasteiger partial charge is 0.329 e. The van der Waals surface area contributed by atoms with Gasteiger partial charge in [-0.3, -0.25) is 4.79 Å². The van der Waals surface area contributed by atoms with Gasteiger partial charge in [0.25, 0.3) is 5.91 Å². The summed E-state index contributed by atoms with van der Waals surface area (Å²) in [7, 11) is 0. The molecule has 1 aliphatic heterocycles. The fourth-order valence-corrected chi connectivity index (χ4v) is 3.41. The summed E-state index contributed by atoms with van der Waals surface area (Å²) in [6.45, 7) is 7.88. The number of fused-ring (bicyclic) bond motifs is 1. The summed E-state index contributed by atoms with van der Waals surface area (Å²) < 4.78 is 2.12. The van der Waals surface area contributed by atoms with Crippen molar-refractivity contribution in [3.63, 3.8) is 0 Å². The van der Waals surface area contributed by atoms with Crippen molar-refractivity contribution >= 4 is 17.2 Å². The molecule has 106 valence electrons. The molecule has 0 aromatic carbocycles. The standard InChI is InChI=1S/C13H17N5OS/c1-4-10-15-16-11-7-17(5-6-18(10)11)13(19)12-8(2)14-9(3)20-12/h4-7H2,1-3H3. The average molecular weight is 291 g/mol. The predicted molar refractivity (Wildman–Crippen MR) is 75.7 cm³/mol. The Labute approximate surface area is 121 Å². The Morgan fingerprint density at radius 3 is 2.75 bits per heavy atom. The summed E-state index contributed by atoms with van der Waals surface area (Å²) in [5.41, 5.74) is 0.818. The molecule has 6 nitrogen and oxygen atoms in total. The van der Waals surface area contributed by atoms with E-state index in [9.17, 15) is 4.79 Å². The minimum atomic E-state index is 0.0559. The Morgan fingerprint density at radius 2 is 2.10 bits per heavy atom. The maximum atomic E-state index is 12.6. The van der Waals surface area contributed by atoms with Gasteiger partial charge in [0.05, 0.1) is 17.2 Å². The third-order valence-corrected chi connectivity index (χ3v) is 4.59. The van der Waals surface area contributed by atoms with Crippen LogP contribution < -0.4 is 0 Å². The number of carbonyl (C=O) groups excluding carboxylic acids is 1. The summed E-state index contributed by atoms with van der Waals surface area (Å²) in [6.07, 6.45) is 0.869. The third-order valence-electron chi connectivity index (χ3n) is 3.53. The topological polar surface area (TPSA) is 63.9 Å². The fraction of sp³-hybridized carbons (Fsp3) is 0.538. The second-order valence-corrected chi connectivity index (χ2v) is 6.11. The minimum absolute atomic E-state index is 0.0559. The number of amides is 1. The van der Waals surface area contributed by atoms with Gasteiger partial charge in [0.2, 0.25) is 0 Å². The van der Waals surface area contributed by atoms with E-state index in [4.69, 9.17) is 0 Å².